The second-order valence-corrected chi connectivity index (χ2v) is 13.1. The van der Waals surface area contributed by atoms with Crippen molar-refractivity contribution in [3.05, 3.63) is 40.5 Å². The van der Waals surface area contributed by atoms with Gasteiger partial charge in [-0.3, -0.25) is 4.79 Å². The van der Waals surface area contributed by atoms with Gasteiger partial charge in [-0.15, -0.1) is 11.3 Å². The lowest BCUT2D eigenvalue weighted by Crippen LogP contribution is -2.34. The van der Waals surface area contributed by atoms with E-state index in [0.29, 0.717) is 0 Å². The first-order valence-electron chi connectivity index (χ1n) is 12.2. The van der Waals surface area contributed by atoms with Gasteiger partial charge in [-0.05, 0) is 60.8 Å². The molecule has 0 fully saturated rings. The molecule has 1 aliphatic carbocycles. The molecule has 7 nitrogen and oxygen atoms in total. The Balaban J connectivity index is 2.27. The summed E-state index contributed by atoms with van der Waals surface area (Å²) < 4.78 is 38.5. The number of allylic oxidation sites excluding steroid dienone is 3. The summed E-state index contributed by atoms with van der Waals surface area (Å²) in [6.45, 7) is 12.2. The highest BCUT2D eigenvalue weighted by Crippen LogP contribution is 2.48. The average Bonchev–Trinajstić information content (AvgIpc) is 3.33. The molecule has 0 amide bonds. The normalized spacial score (nSPS) is 18.0. The van der Waals surface area contributed by atoms with Crippen LogP contribution in [0.4, 0.5) is 0 Å². The molecular weight excluding hydrogens is 486 g/mol. The van der Waals surface area contributed by atoms with E-state index in [2.05, 4.69) is 36.3 Å². The molecule has 0 aromatic carbocycles. The molecule has 0 saturated heterocycles. The molecule has 1 aliphatic rings. The highest BCUT2D eigenvalue weighted by molar-refractivity contribution is 7.91. The Morgan fingerprint density at radius 1 is 1.23 bits per heavy atom. The minimum atomic E-state index is -3.81. The molecule has 2 N–H and O–H groups in total. The lowest BCUT2D eigenvalue weighted by Gasteiger charge is -2.40. The molecule has 1 aromatic heterocycles. The highest BCUT2D eigenvalue weighted by Gasteiger charge is 2.40. The van der Waals surface area contributed by atoms with Gasteiger partial charge in [0, 0.05) is 10.3 Å². The van der Waals surface area contributed by atoms with E-state index in [0.717, 1.165) is 36.3 Å². The first-order valence-corrected chi connectivity index (χ1v) is 14.5. The number of esters is 1. The highest BCUT2D eigenvalue weighted by atomic mass is 32.2. The molecular formula is C26H41NO6S2. The van der Waals surface area contributed by atoms with Gasteiger partial charge in [0.05, 0.1) is 13.2 Å². The van der Waals surface area contributed by atoms with Crippen molar-refractivity contribution in [3.63, 3.8) is 0 Å². The minimum Gasteiger partial charge on any atom is -0.491 e. The van der Waals surface area contributed by atoms with Gasteiger partial charge in [-0.2, -0.15) is 4.72 Å². The van der Waals surface area contributed by atoms with Gasteiger partial charge < -0.3 is 14.6 Å². The third kappa shape index (κ3) is 6.96. The van der Waals surface area contributed by atoms with Crippen molar-refractivity contribution in [2.24, 2.45) is 11.3 Å². The lowest BCUT2D eigenvalue weighted by molar-refractivity contribution is -0.139. The summed E-state index contributed by atoms with van der Waals surface area (Å²) in [6.07, 6.45) is 6.99. The van der Waals surface area contributed by atoms with Gasteiger partial charge >= 0.3 is 5.97 Å². The minimum absolute atomic E-state index is 0.185. The first-order chi connectivity index (χ1) is 16.3. The van der Waals surface area contributed by atoms with Crippen LogP contribution >= 0.6 is 11.3 Å². The van der Waals surface area contributed by atoms with Crippen LogP contribution in [0.5, 0.6) is 0 Å². The van der Waals surface area contributed by atoms with E-state index >= 15 is 0 Å². The smallest absolute Gasteiger partial charge is 0.320 e. The van der Waals surface area contributed by atoms with Crippen LogP contribution in [0, 0.1) is 11.3 Å². The van der Waals surface area contributed by atoms with Crippen molar-refractivity contribution in [1.29, 1.82) is 0 Å². The van der Waals surface area contributed by atoms with Crippen LogP contribution in [0.2, 0.25) is 0 Å². The number of rotatable bonds is 12. The second-order valence-electron chi connectivity index (χ2n) is 10.1. The molecule has 0 bridgehead atoms. The molecule has 1 aromatic rings. The molecule has 198 valence electrons. The van der Waals surface area contributed by atoms with Crippen LogP contribution in [0.25, 0.3) is 0 Å². The summed E-state index contributed by atoms with van der Waals surface area (Å²) in [6, 6.07) is 3.52. The predicted octanol–water partition coefficient (Wildman–Crippen LogP) is 4.92. The number of aliphatic hydroxyl groups excluding tert-OH is 1. The summed E-state index contributed by atoms with van der Waals surface area (Å²) >= 11 is 1.26. The van der Waals surface area contributed by atoms with Crippen LogP contribution < -0.4 is 4.72 Å². The van der Waals surface area contributed by atoms with Crippen LogP contribution in [-0.2, 0) is 29.7 Å². The maximum absolute atomic E-state index is 12.7. The van der Waals surface area contributed by atoms with Crippen LogP contribution in [0.3, 0.4) is 0 Å². The summed E-state index contributed by atoms with van der Waals surface area (Å²) in [5, 5.41) is 10.4. The number of ether oxygens (including phenoxy) is 2. The Morgan fingerprint density at radius 3 is 2.43 bits per heavy atom. The fourth-order valence-corrected chi connectivity index (χ4v) is 7.07. The second kappa shape index (κ2) is 12.0. The summed E-state index contributed by atoms with van der Waals surface area (Å²) in [4.78, 5) is 12.4. The predicted molar refractivity (Wildman–Crippen MR) is 140 cm³/mol. The molecule has 0 radical (unpaired) electrons. The number of aliphatic hydroxyl groups is 1. The zero-order valence-electron chi connectivity index (χ0n) is 22.0. The number of nitrogens with one attached hydrogen (secondary N) is 1. The third-order valence-electron chi connectivity index (χ3n) is 7.06. The van der Waals surface area contributed by atoms with E-state index in [1.165, 1.54) is 24.0 Å². The van der Waals surface area contributed by atoms with Gasteiger partial charge in [-0.25, -0.2) is 8.42 Å². The third-order valence-corrected chi connectivity index (χ3v) is 10.3. The molecule has 0 saturated carbocycles. The number of carbonyl (C=O) groups excluding carboxylic acids is 1. The summed E-state index contributed by atoms with van der Waals surface area (Å²) in [5.41, 5.74) is 0.721. The van der Waals surface area contributed by atoms with Crippen LogP contribution in [0.15, 0.2) is 39.8 Å². The van der Waals surface area contributed by atoms with Crippen molar-refractivity contribution < 1.29 is 27.8 Å². The van der Waals surface area contributed by atoms with E-state index < -0.39 is 28.6 Å². The molecule has 9 heteroatoms. The average molecular weight is 528 g/mol. The number of sulfonamides is 1. The van der Waals surface area contributed by atoms with Crippen molar-refractivity contribution in [2.75, 3.05) is 20.3 Å². The number of carbonyl (C=O) groups is 1. The molecule has 2 unspecified atom stereocenters. The number of methoxy groups -OCH3 is 1. The van der Waals surface area contributed by atoms with Crippen molar-refractivity contribution in [3.8, 4) is 0 Å². The van der Waals surface area contributed by atoms with Crippen molar-refractivity contribution >= 4 is 27.3 Å². The Kier molecular flexibility index (Phi) is 10.2. The lowest BCUT2D eigenvalue weighted by atomic mass is 9.66. The van der Waals surface area contributed by atoms with E-state index in [-0.39, 0.29) is 27.6 Å². The standard InChI is InChI=1S/C26H41NO6S2/c1-8-18-15-19(11-12-20(18)33-17-21(28)25(4,5)6)26(9-2,10-3)22-13-14-24(34-22)35(30,31)27-16-23(29)32-7/h11-14,19,21,27-28H,8-10,15-17H2,1-7H3. The molecule has 35 heavy (non-hydrogen) atoms. The molecule has 0 spiro atoms. The van der Waals surface area contributed by atoms with E-state index in [9.17, 15) is 18.3 Å². The summed E-state index contributed by atoms with van der Waals surface area (Å²) in [7, 11) is -2.59. The Labute approximate surface area is 214 Å². The van der Waals surface area contributed by atoms with Gasteiger partial charge in [0.2, 0.25) is 0 Å². The maximum Gasteiger partial charge on any atom is 0.320 e. The van der Waals surface area contributed by atoms with Crippen molar-refractivity contribution in [1.82, 2.24) is 4.72 Å². The monoisotopic (exact) mass is 527 g/mol. The molecule has 1 heterocycles. The number of hydrogen-bond donors (Lipinski definition) is 2. The van der Waals surface area contributed by atoms with Crippen molar-refractivity contribution in [2.45, 2.75) is 83.0 Å². The topological polar surface area (TPSA) is 102 Å². The van der Waals surface area contributed by atoms with Crippen LogP contribution in [0.1, 0.15) is 72.1 Å². The van der Waals surface area contributed by atoms with Gasteiger partial charge in [-0.1, -0.05) is 47.6 Å². The summed E-state index contributed by atoms with van der Waals surface area (Å²) in [5.74, 6) is 0.375. The van der Waals surface area contributed by atoms with E-state index in [1.54, 1.807) is 6.07 Å². The molecule has 2 atom stereocenters. The fourth-order valence-electron chi connectivity index (χ4n) is 4.36. The quantitative estimate of drug-likeness (QED) is 0.374. The fraction of sp³-hybridized carbons (Fsp3) is 0.654. The Morgan fingerprint density at radius 2 is 1.89 bits per heavy atom. The molecule has 0 aliphatic heterocycles. The maximum atomic E-state index is 12.7. The zero-order chi connectivity index (χ0) is 26.4. The van der Waals surface area contributed by atoms with Crippen LogP contribution in [-0.4, -0.2) is 45.9 Å². The SMILES string of the molecule is CCC1=C(OCC(O)C(C)(C)C)C=CC(C(CC)(CC)c2ccc(S(=O)(=O)NCC(=O)OC)s2)C1. The largest absolute Gasteiger partial charge is 0.491 e. The number of hydrogen-bond acceptors (Lipinski definition) is 7. The number of thiophene rings is 1. The van der Waals surface area contributed by atoms with E-state index in [4.69, 9.17) is 4.74 Å². The Hall–Kier alpha value is -1.68. The van der Waals surface area contributed by atoms with E-state index in [1.807, 2.05) is 32.9 Å². The van der Waals surface area contributed by atoms with Gasteiger partial charge in [0.15, 0.2) is 0 Å². The Bertz CT molecular complexity index is 1030. The van der Waals surface area contributed by atoms with Gasteiger partial charge in [0.25, 0.3) is 10.0 Å². The first kappa shape index (κ1) is 29.5. The molecule has 2 rings (SSSR count). The zero-order valence-corrected chi connectivity index (χ0v) is 23.6. The van der Waals surface area contributed by atoms with Gasteiger partial charge in [0.1, 0.15) is 23.1 Å².